The van der Waals surface area contributed by atoms with Crippen LogP contribution in [-0.2, 0) is 20.8 Å². The molecule has 7 nitrogen and oxygen atoms in total. The van der Waals surface area contributed by atoms with Crippen LogP contribution in [0.4, 0.5) is 18.9 Å². The minimum absolute atomic E-state index is 0.174. The summed E-state index contributed by atoms with van der Waals surface area (Å²) >= 11 is 0. The van der Waals surface area contributed by atoms with Gasteiger partial charge in [0.05, 0.1) is 5.69 Å². The van der Waals surface area contributed by atoms with E-state index >= 15 is 0 Å². The molecule has 0 heterocycles. The monoisotopic (exact) mass is 429 g/mol. The minimum atomic E-state index is -5.14. The summed E-state index contributed by atoms with van der Waals surface area (Å²) in [5, 5.41) is 15.1. The molecular weight excluding hydrogens is 410 g/mol. The van der Waals surface area contributed by atoms with Gasteiger partial charge in [0, 0.05) is 6.54 Å². The molecule has 0 bridgehead atoms. The molecule has 0 fully saturated rings. The van der Waals surface area contributed by atoms with Crippen molar-refractivity contribution in [3.8, 4) is 0 Å². The van der Waals surface area contributed by atoms with E-state index in [0.717, 1.165) is 17.7 Å². The lowest BCUT2D eigenvalue weighted by atomic mass is 9.88. The SMILES string of the molecule is CB(O)NCc1cccc(N/N=C(\OS(=O)(=O)c2ccc(C)cc2)C(F)(F)F)c1. The van der Waals surface area contributed by atoms with E-state index in [2.05, 4.69) is 19.9 Å². The lowest BCUT2D eigenvalue weighted by molar-refractivity contribution is -0.0707. The molecule has 0 unspecified atom stereocenters. The second-order valence-electron chi connectivity index (χ2n) is 6.13. The minimum Gasteiger partial charge on any atom is -0.437 e. The van der Waals surface area contributed by atoms with Crippen LogP contribution in [0.2, 0.25) is 6.82 Å². The number of nitrogens with one attached hydrogen (secondary N) is 2. The lowest BCUT2D eigenvalue weighted by Gasteiger charge is -2.13. The maximum Gasteiger partial charge on any atom is 0.471 e. The normalized spacial score (nSPS) is 12.6. The van der Waals surface area contributed by atoms with Crippen molar-refractivity contribution in [3.05, 3.63) is 59.7 Å². The van der Waals surface area contributed by atoms with Crippen molar-refractivity contribution in [1.82, 2.24) is 5.23 Å². The van der Waals surface area contributed by atoms with Gasteiger partial charge in [-0.15, -0.1) is 5.10 Å². The van der Waals surface area contributed by atoms with Crippen LogP contribution in [0.3, 0.4) is 0 Å². The standard InChI is InChI=1S/C17H19BF3N3O4S/c1-12-6-8-15(9-7-12)29(26,27)28-16(17(19,20)21)24-23-14-5-3-4-13(10-14)11-22-18(2)25/h3-10,22-23,25H,11H2,1-2H3/b24-16-. The number of nitrogens with zero attached hydrogens (tertiary/aromatic N) is 1. The first kappa shape index (κ1) is 22.7. The quantitative estimate of drug-likeness (QED) is 0.206. The highest BCUT2D eigenvalue weighted by Gasteiger charge is 2.42. The van der Waals surface area contributed by atoms with Crippen molar-refractivity contribution in [1.29, 1.82) is 0 Å². The van der Waals surface area contributed by atoms with E-state index < -0.39 is 34.1 Å². The molecular formula is C17H19BF3N3O4S. The van der Waals surface area contributed by atoms with E-state index in [1.54, 1.807) is 19.1 Å². The number of hydrazone groups is 1. The zero-order chi connectivity index (χ0) is 21.7. The van der Waals surface area contributed by atoms with Crippen molar-refractivity contribution in [2.45, 2.75) is 31.4 Å². The number of aryl methyl sites for hydroxylation is 1. The summed E-state index contributed by atoms with van der Waals surface area (Å²) in [4.78, 5) is -0.425. The van der Waals surface area contributed by atoms with Gasteiger partial charge in [-0.2, -0.15) is 21.6 Å². The Kier molecular flexibility index (Phi) is 7.28. The molecule has 0 saturated heterocycles. The summed E-state index contributed by atoms with van der Waals surface area (Å²) in [6.07, 6.45) is -5.14. The molecule has 0 aliphatic carbocycles. The number of hydrogen-bond acceptors (Lipinski definition) is 7. The van der Waals surface area contributed by atoms with Gasteiger partial charge in [0.25, 0.3) is 0 Å². The Morgan fingerprint density at radius 3 is 2.45 bits per heavy atom. The van der Waals surface area contributed by atoms with Crippen molar-refractivity contribution >= 4 is 28.8 Å². The second-order valence-corrected chi connectivity index (χ2v) is 7.68. The molecule has 0 atom stereocenters. The van der Waals surface area contributed by atoms with E-state index in [0.29, 0.717) is 5.56 Å². The third-order valence-corrected chi connectivity index (χ3v) is 4.78. The molecule has 0 radical (unpaired) electrons. The van der Waals surface area contributed by atoms with Gasteiger partial charge >= 0.3 is 29.2 Å². The van der Waals surface area contributed by atoms with Gasteiger partial charge in [-0.3, -0.25) is 5.43 Å². The highest BCUT2D eigenvalue weighted by atomic mass is 32.2. The third kappa shape index (κ3) is 7.07. The number of hydrogen-bond donors (Lipinski definition) is 3. The van der Waals surface area contributed by atoms with E-state index in [-0.39, 0.29) is 12.2 Å². The first-order chi connectivity index (χ1) is 13.5. The fourth-order valence-corrected chi connectivity index (χ4v) is 3.02. The molecule has 0 saturated carbocycles. The summed E-state index contributed by atoms with van der Waals surface area (Å²) in [5.74, 6) is -1.95. The number of alkyl halides is 3. The van der Waals surface area contributed by atoms with Gasteiger partial charge in [-0.25, -0.2) is 0 Å². The molecule has 0 aliphatic rings. The maximum absolute atomic E-state index is 13.2. The Bertz CT molecular complexity index is 965. The summed E-state index contributed by atoms with van der Waals surface area (Å²) in [7, 11) is -5.48. The Balaban J connectivity index is 2.21. The smallest absolute Gasteiger partial charge is 0.437 e. The fourth-order valence-electron chi connectivity index (χ4n) is 2.12. The van der Waals surface area contributed by atoms with Gasteiger partial charge < -0.3 is 14.4 Å². The predicted molar refractivity (Wildman–Crippen MR) is 104 cm³/mol. The summed E-state index contributed by atoms with van der Waals surface area (Å²) < 4.78 is 68.2. The molecule has 2 aromatic carbocycles. The number of halogens is 3. The largest absolute Gasteiger partial charge is 0.471 e. The highest BCUT2D eigenvalue weighted by molar-refractivity contribution is 7.87. The first-order valence-corrected chi connectivity index (χ1v) is 9.80. The molecule has 0 amide bonds. The number of rotatable bonds is 7. The zero-order valence-electron chi connectivity index (χ0n) is 15.6. The van der Waals surface area contributed by atoms with Crippen LogP contribution >= 0.6 is 0 Å². The van der Waals surface area contributed by atoms with Crippen LogP contribution in [0.15, 0.2) is 58.5 Å². The van der Waals surface area contributed by atoms with Gasteiger partial charge in [-0.1, -0.05) is 29.8 Å². The number of benzene rings is 2. The Morgan fingerprint density at radius 2 is 1.86 bits per heavy atom. The molecule has 29 heavy (non-hydrogen) atoms. The predicted octanol–water partition coefficient (Wildman–Crippen LogP) is 2.89. The van der Waals surface area contributed by atoms with Crippen LogP contribution in [0.1, 0.15) is 11.1 Å². The van der Waals surface area contributed by atoms with E-state index in [1.165, 1.54) is 31.1 Å². The average molecular weight is 429 g/mol. The van der Waals surface area contributed by atoms with Crippen LogP contribution in [-0.4, -0.2) is 32.6 Å². The molecule has 156 valence electrons. The highest BCUT2D eigenvalue weighted by Crippen LogP contribution is 2.23. The zero-order valence-corrected chi connectivity index (χ0v) is 16.4. The van der Waals surface area contributed by atoms with E-state index in [1.807, 2.05) is 0 Å². The van der Waals surface area contributed by atoms with Crippen LogP contribution in [0.5, 0.6) is 0 Å². The molecule has 2 rings (SSSR count). The average Bonchev–Trinajstić information content (AvgIpc) is 2.63. The van der Waals surface area contributed by atoms with Gasteiger partial charge in [0.2, 0.25) is 0 Å². The number of anilines is 1. The van der Waals surface area contributed by atoms with E-state index in [9.17, 15) is 26.6 Å². The molecule has 3 N–H and O–H groups in total. The second kappa shape index (κ2) is 9.29. The van der Waals surface area contributed by atoms with Crippen molar-refractivity contribution < 1.29 is 30.8 Å². The summed E-state index contributed by atoms with van der Waals surface area (Å²) in [6, 6.07) is 11.3. The van der Waals surface area contributed by atoms with Crippen LogP contribution < -0.4 is 10.7 Å². The maximum atomic E-state index is 13.2. The van der Waals surface area contributed by atoms with Gasteiger partial charge in [0.15, 0.2) is 0 Å². The third-order valence-electron chi connectivity index (χ3n) is 3.56. The topological polar surface area (TPSA) is 100 Å². The Morgan fingerprint density at radius 1 is 1.21 bits per heavy atom. The fraction of sp³-hybridized carbons (Fsp3) is 0.235. The molecule has 0 aromatic heterocycles. The summed E-state index contributed by atoms with van der Waals surface area (Å²) in [6.45, 7) is 3.49. The molecule has 12 heteroatoms. The van der Waals surface area contributed by atoms with Crippen molar-refractivity contribution in [2.75, 3.05) is 5.43 Å². The Labute approximate surface area is 166 Å². The Hall–Kier alpha value is -2.57. The van der Waals surface area contributed by atoms with Crippen molar-refractivity contribution in [3.63, 3.8) is 0 Å². The van der Waals surface area contributed by atoms with Gasteiger partial charge in [-0.05, 0) is 43.6 Å². The molecule has 0 spiro atoms. The van der Waals surface area contributed by atoms with Gasteiger partial charge in [0.1, 0.15) is 4.90 Å². The van der Waals surface area contributed by atoms with E-state index in [4.69, 9.17) is 0 Å². The molecule has 0 aliphatic heterocycles. The molecule has 2 aromatic rings. The first-order valence-electron chi connectivity index (χ1n) is 8.40. The van der Waals surface area contributed by atoms with Crippen LogP contribution in [0, 0.1) is 6.92 Å². The summed E-state index contributed by atoms with van der Waals surface area (Å²) in [5.41, 5.74) is 3.72. The van der Waals surface area contributed by atoms with Crippen molar-refractivity contribution in [2.24, 2.45) is 5.10 Å². The lowest BCUT2D eigenvalue weighted by Crippen LogP contribution is -2.30. The van der Waals surface area contributed by atoms with Crippen LogP contribution in [0.25, 0.3) is 0 Å².